The smallest absolute Gasteiger partial charge is 0.261 e. The van der Waals surface area contributed by atoms with Crippen LogP contribution in [0.15, 0.2) is 42.5 Å². The van der Waals surface area contributed by atoms with Gasteiger partial charge in [-0.2, -0.15) is 0 Å². The van der Waals surface area contributed by atoms with E-state index in [0.717, 1.165) is 6.07 Å². The zero-order chi connectivity index (χ0) is 14.0. The van der Waals surface area contributed by atoms with Crippen LogP contribution in [0.25, 0.3) is 0 Å². The van der Waals surface area contributed by atoms with Gasteiger partial charge in [-0.05, 0) is 30.3 Å². The Morgan fingerprint density at radius 1 is 1.26 bits per heavy atom. The molecule has 0 aliphatic heterocycles. The Hall–Kier alpha value is -2.07. The highest BCUT2D eigenvalue weighted by Gasteiger charge is 2.18. The Morgan fingerprint density at radius 2 is 1.95 bits per heavy atom. The maximum atomic E-state index is 13.7. The average Bonchev–Trinajstić information content (AvgIpc) is 2.38. The summed E-state index contributed by atoms with van der Waals surface area (Å²) in [7, 11) is 1.54. The lowest BCUT2D eigenvalue weighted by Gasteiger charge is -2.19. The van der Waals surface area contributed by atoms with Crippen molar-refractivity contribution in [3.05, 3.63) is 58.9 Å². The first-order valence-corrected chi connectivity index (χ1v) is 5.96. The highest BCUT2D eigenvalue weighted by Crippen LogP contribution is 2.24. The van der Waals surface area contributed by atoms with Crippen molar-refractivity contribution in [2.75, 3.05) is 17.7 Å². The standard InChI is InChI=1S/C14H12ClFN2O/c1-18(13-5-3-2-4-12(13)17)14(19)10-7-6-9(15)8-11(10)16/h2-8H,17H2,1H3. The van der Waals surface area contributed by atoms with Crippen LogP contribution in [0.4, 0.5) is 15.8 Å². The van der Waals surface area contributed by atoms with Crippen LogP contribution in [0, 0.1) is 5.82 Å². The molecule has 5 heteroatoms. The molecule has 98 valence electrons. The predicted octanol–water partition coefficient (Wildman–Crippen LogP) is 3.34. The van der Waals surface area contributed by atoms with E-state index in [4.69, 9.17) is 17.3 Å². The summed E-state index contributed by atoms with van der Waals surface area (Å²) in [5, 5.41) is 0.246. The van der Waals surface area contributed by atoms with Crippen LogP contribution in [0.3, 0.4) is 0 Å². The number of rotatable bonds is 2. The fourth-order valence-electron chi connectivity index (χ4n) is 1.75. The topological polar surface area (TPSA) is 46.3 Å². The number of hydrogen-bond acceptors (Lipinski definition) is 2. The molecule has 0 saturated heterocycles. The number of carbonyl (C=O) groups is 1. The van der Waals surface area contributed by atoms with Crippen LogP contribution in [-0.2, 0) is 0 Å². The fraction of sp³-hybridized carbons (Fsp3) is 0.0714. The van der Waals surface area contributed by atoms with Crippen molar-refractivity contribution in [3.8, 4) is 0 Å². The van der Waals surface area contributed by atoms with Crippen molar-refractivity contribution in [2.24, 2.45) is 0 Å². The Balaban J connectivity index is 2.37. The van der Waals surface area contributed by atoms with Crippen LogP contribution in [0.5, 0.6) is 0 Å². The van der Waals surface area contributed by atoms with Crippen LogP contribution < -0.4 is 10.6 Å². The summed E-state index contributed by atoms with van der Waals surface area (Å²) in [5.41, 5.74) is 6.73. The van der Waals surface area contributed by atoms with Crippen molar-refractivity contribution in [2.45, 2.75) is 0 Å². The Kier molecular flexibility index (Phi) is 3.71. The van der Waals surface area contributed by atoms with Crippen molar-refractivity contribution in [3.63, 3.8) is 0 Å². The summed E-state index contributed by atoms with van der Waals surface area (Å²) in [5.74, 6) is -1.13. The van der Waals surface area contributed by atoms with Gasteiger partial charge in [-0.25, -0.2) is 4.39 Å². The molecular formula is C14H12ClFN2O. The molecule has 0 bridgehead atoms. The van der Waals surface area contributed by atoms with Gasteiger partial charge in [-0.15, -0.1) is 0 Å². The Bertz CT molecular complexity index is 631. The quantitative estimate of drug-likeness (QED) is 0.857. The van der Waals surface area contributed by atoms with E-state index < -0.39 is 11.7 Å². The number of anilines is 2. The number of nitrogens with zero attached hydrogens (tertiary/aromatic N) is 1. The number of halogens is 2. The van der Waals surface area contributed by atoms with Crippen molar-refractivity contribution in [1.82, 2.24) is 0 Å². The van der Waals surface area contributed by atoms with Gasteiger partial charge < -0.3 is 10.6 Å². The summed E-state index contributed by atoms with van der Waals surface area (Å²) < 4.78 is 13.7. The van der Waals surface area contributed by atoms with Gasteiger partial charge in [0.2, 0.25) is 0 Å². The van der Waals surface area contributed by atoms with Gasteiger partial charge >= 0.3 is 0 Å². The molecule has 0 radical (unpaired) electrons. The molecule has 2 aromatic rings. The minimum Gasteiger partial charge on any atom is -0.397 e. The van der Waals surface area contributed by atoms with Gasteiger partial charge in [0.15, 0.2) is 0 Å². The maximum Gasteiger partial charge on any atom is 0.261 e. The van der Waals surface area contributed by atoms with E-state index in [-0.39, 0.29) is 10.6 Å². The van der Waals surface area contributed by atoms with Gasteiger partial charge in [0, 0.05) is 12.1 Å². The number of hydrogen-bond donors (Lipinski definition) is 1. The van der Waals surface area contributed by atoms with E-state index in [0.29, 0.717) is 11.4 Å². The minimum absolute atomic E-state index is 0.0462. The predicted molar refractivity (Wildman–Crippen MR) is 75.0 cm³/mol. The van der Waals surface area contributed by atoms with Crippen molar-refractivity contribution < 1.29 is 9.18 Å². The van der Waals surface area contributed by atoms with Crippen LogP contribution in [0.1, 0.15) is 10.4 Å². The number of benzene rings is 2. The zero-order valence-corrected chi connectivity index (χ0v) is 11.0. The Morgan fingerprint density at radius 3 is 2.58 bits per heavy atom. The molecule has 2 N–H and O–H groups in total. The molecule has 0 saturated carbocycles. The third-order valence-electron chi connectivity index (χ3n) is 2.76. The third-order valence-corrected chi connectivity index (χ3v) is 3.00. The van der Waals surface area contributed by atoms with Crippen molar-refractivity contribution >= 4 is 28.9 Å². The van der Waals surface area contributed by atoms with Crippen LogP contribution >= 0.6 is 11.6 Å². The first kappa shape index (κ1) is 13.4. The molecule has 1 amide bonds. The van der Waals surface area contributed by atoms with Gasteiger partial charge in [0.05, 0.1) is 16.9 Å². The van der Waals surface area contributed by atoms with E-state index in [1.165, 1.54) is 17.0 Å². The minimum atomic E-state index is -0.654. The van der Waals surface area contributed by atoms with E-state index in [1.54, 1.807) is 31.3 Å². The molecule has 0 heterocycles. The molecule has 2 aromatic carbocycles. The second kappa shape index (κ2) is 5.28. The van der Waals surface area contributed by atoms with Crippen molar-refractivity contribution in [1.29, 1.82) is 0 Å². The summed E-state index contributed by atoms with van der Waals surface area (Å²) in [4.78, 5) is 13.5. The maximum absolute atomic E-state index is 13.7. The lowest BCUT2D eigenvalue weighted by molar-refractivity contribution is 0.0989. The Labute approximate surface area is 115 Å². The summed E-state index contributed by atoms with van der Waals surface area (Å²) in [6.07, 6.45) is 0. The lowest BCUT2D eigenvalue weighted by Crippen LogP contribution is -2.27. The molecule has 0 fully saturated rings. The zero-order valence-electron chi connectivity index (χ0n) is 10.2. The number of amides is 1. The second-order valence-corrected chi connectivity index (χ2v) is 4.48. The number of nitrogen functional groups attached to an aromatic ring is 1. The van der Waals surface area contributed by atoms with E-state index in [2.05, 4.69) is 0 Å². The molecule has 19 heavy (non-hydrogen) atoms. The van der Waals surface area contributed by atoms with Crippen LogP contribution in [-0.4, -0.2) is 13.0 Å². The largest absolute Gasteiger partial charge is 0.397 e. The first-order valence-electron chi connectivity index (χ1n) is 5.58. The molecule has 0 aliphatic carbocycles. The molecule has 0 aliphatic rings. The number of nitrogens with two attached hydrogens (primary N) is 1. The first-order chi connectivity index (χ1) is 9.00. The normalized spacial score (nSPS) is 10.3. The highest BCUT2D eigenvalue weighted by molar-refractivity contribution is 6.30. The van der Waals surface area contributed by atoms with Crippen LogP contribution in [0.2, 0.25) is 5.02 Å². The fourth-order valence-corrected chi connectivity index (χ4v) is 1.90. The molecular weight excluding hydrogens is 267 g/mol. The molecule has 0 unspecified atom stereocenters. The van der Waals surface area contributed by atoms with Gasteiger partial charge in [-0.3, -0.25) is 4.79 Å². The number of para-hydroxylation sites is 2. The van der Waals surface area contributed by atoms with E-state index in [9.17, 15) is 9.18 Å². The highest BCUT2D eigenvalue weighted by atomic mass is 35.5. The lowest BCUT2D eigenvalue weighted by atomic mass is 10.1. The van der Waals surface area contributed by atoms with Gasteiger partial charge in [0.1, 0.15) is 5.82 Å². The summed E-state index contributed by atoms with van der Waals surface area (Å²) >= 11 is 5.66. The molecule has 0 aromatic heterocycles. The third kappa shape index (κ3) is 2.69. The SMILES string of the molecule is CN(C(=O)c1ccc(Cl)cc1F)c1ccccc1N. The van der Waals surface area contributed by atoms with E-state index in [1.807, 2.05) is 0 Å². The van der Waals surface area contributed by atoms with Gasteiger partial charge in [0.25, 0.3) is 5.91 Å². The number of carbonyl (C=O) groups excluding carboxylic acids is 1. The second-order valence-electron chi connectivity index (χ2n) is 4.05. The molecule has 3 nitrogen and oxygen atoms in total. The molecule has 0 spiro atoms. The summed E-state index contributed by atoms with van der Waals surface area (Å²) in [6.45, 7) is 0. The van der Waals surface area contributed by atoms with Gasteiger partial charge in [-0.1, -0.05) is 23.7 Å². The molecule has 2 rings (SSSR count). The molecule has 0 atom stereocenters. The average molecular weight is 279 g/mol. The van der Waals surface area contributed by atoms with E-state index >= 15 is 0 Å². The summed E-state index contributed by atoms with van der Waals surface area (Å²) in [6, 6.07) is 10.8. The monoisotopic (exact) mass is 278 g/mol.